The fraction of sp³-hybridized carbons (Fsp3) is 0.500. The van der Waals surface area contributed by atoms with Crippen molar-refractivity contribution in [2.24, 2.45) is 21.3 Å². The average molecular weight is 472 g/mol. The van der Waals surface area contributed by atoms with Gasteiger partial charge in [-0.1, -0.05) is 63.2 Å². The molecule has 1 aliphatic heterocycles. The van der Waals surface area contributed by atoms with E-state index in [0.29, 0.717) is 22.9 Å². The molecule has 0 spiro atoms. The van der Waals surface area contributed by atoms with E-state index < -0.39 is 0 Å². The summed E-state index contributed by atoms with van der Waals surface area (Å²) in [5, 5.41) is 3.51. The van der Waals surface area contributed by atoms with Crippen LogP contribution in [0.3, 0.4) is 0 Å². The van der Waals surface area contributed by atoms with Gasteiger partial charge in [-0.2, -0.15) is 0 Å². The molecule has 3 nitrogen and oxygen atoms in total. The Bertz CT molecular complexity index is 893. The molecule has 1 aliphatic rings. The molecule has 0 fully saturated rings. The van der Waals surface area contributed by atoms with Crippen molar-refractivity contribution in [3.63, 3.8) is 0 Å². The predicted molar refractivity (Wildman–Crippen MR) is 143 cm³/mol. The van der Waals surface area contributed by atoms with Gasteiger partial charge >= 0.3 is 0 Å². The maximum absolute atomic E-state index is 14.7. The van der Waals surface area contributed by atoms with Crippen molar-refractivity contribution >= 4 is 29.7 Å². The van der Waals surface area contributed by atoms with Gasteiger partial charge < -0.3 is 5.32 Å². The van der Waals surface area contributed by atoms with Crippen molar-refractivity contribution in [3.8, 4) is 0 Å². The fourth-order valence-electron chi connectivity index (χ4n) is 4.11. The summed E-state index contributed by atoms with van der Waals surface area (Å²) in [5.41, 5.74) is 3.80. The van der Waals surface area contributed by atoms with E-state index in [1.165, 1.54) is 0 Å². The Labute approximate surface area is 204 Å². The maximum atomic E-state index is 14.7. The Morgan fingerprint density at radius 1 is 1.18 bits per heavy atom. The molecule has 1 aromatic rings. The number of hydrogen-bond acceptors (Lipinski definition) is 3. The second-order valence-electron chi connectivity index (χ2n) is 10.2. The van der Waals surface area contributed by atoms with Gasteiger partial charge in [-0.3, -0.25) is 9.98 Å². The predicted octanol–water partition coefficient (Wildman–Crippen LogP) is 7.72. The van der Waals surface area contributed by atoms with Crippen LogP contribution in [0.15, 0.2) is 58.1 Å². The Morgan fingerprint density at radius 3 is 2.61 bits per heavy atom. The summed E-state index contributed by atoms with van der Waals surface area (Å²) in [5.74, 6) is 0.377. The fourth-order valence-corrected chi connectivity index (χ4v) is 4.24. The van der Waals surface area contributed by atoms with Crippen molar-refractivity contribution in [2.45, 2.75) is 65.7 Å². The first-order valence-corrected chi connectivity index (χ1v) is 12.2. The van der Waals surface area contributed by atoms with Gasteiger partial charge in [0.25, 0.3) is 0 Å². The first-order chi connectivity index (χ1) is 15.6. The minimum atomic E-state index is -0.167. The van der Waals surface area contributed by atoms with Gasteiger partial charge in [-0.15, -0.1) is 0 Å². The molecule has 1 atom stereocenters. The molecule has 5 heteroatoms. The van der Waals surface area contributed by atoms with Crippen LogP contribution >= 0.6 is 11.6 Å². The van der Waals surface area contributed by atoms with Gasteiger partial charge in [0.2, 0.25) is 0 Å². The monoisotopic (exact) mass is 471 g/mol. The van der Waals surface area contributed by atoms with Crippen molar-refractivity contribution < 1.29 is 4.39 Å². The second kappa shape index (κ2) is 13.5. The van der Waals surface area contributed by atoms with E-state index in [-0.39, 0.29) is 11.2 Å². The van der Waals surface area contributed by atoms with E-state index in [9.17, 15) is 4.39 Å². The lowest BCUT2D eigenvalue weighted by atomic mass is 9.86. The second-order valence-corrected chi connectivity index (χ2v) is 10.6. The van der Waals surface area contributed by atoms with Gasteiger partial charge in [0.15, 0.2) is 0 Å². The van der Waals surface area contributed by atoms with Gasteiger partial charge in [-0.25, -0.2) is 4.39 Å². The van der Waals surface area contributed by atoms with E-state index in [4.69, 9.17) is 11.6 Å². The molecule has 1 N–H and O–H groups in total. The number of nitrogens with zero attached hydrogens (tertiary/aromatic N) is 2. The highest BCUT2D eigenvalue weighted by atomic mass is 35.5. The lowest BCUT2D eigenvalue weighted by molar-refractivity contribution is 0.406. The van der Waals surface area contributed by atoms with E-state index in [2.05, 4.69) is 49.2 Å². The van der Waals surface area contributed by atoms with Gasteiger partial charge in [-0.05, 0) is 79.0 Å². The number of aliphatic imine (C=N–C) groups is 2. The highest BCUT2D eigenvalue weighted by Gasteiger charge is 2.14. The quantitative estimate of drug-likeness (QED) is 0.387. The Morgan fingerprint density at radius 2 is 1.91 bits per heavy atom. The molecule has 1 aromatic carbocycles. The highest BCUT2D eigenvalue weighted by molar-refractivity contribution is 6.39. The number of benzene rings is 1. The highest BCUT2D eigenvalue weighted by Crippen LogP contribution is 2.28. The standard InChI is InChI=1S/C28H39ClFN3/c1-21(17-28(3,4)5)15-25-10-9-24(16-27(25)30)22(2)7-6-8-23-11-13-31-18-26(29)19-33-20-32-14-12-23/h9-10,16,18-20,23H,1-2,6-8,11-15,17H2,3-5H3,(H,32,33)/b26-19+,31-18?. The third kappa shape index (κ3) is 11.0. The summed E-state index contributed by atoms with van der Waals surface area (Å²) in [4.78, 5) is 8.80. The third-order valence-electron chi connectivity index (χ3n) is 5.71. The van der Waals surface area contributed by atoms with Crippen LogP contribution in [-0.4, -0.2) is 25.6 Å². The molecule has 0 aliphatic carbocycles. The first-order valence-electron chi connectivity index (χ1n) is 11.9. The summed E-state index contributed by atoms with van der Waals surface area (Å²) in [6, 6.07) is 5.51. The molecular formula is C28H39ClFN3. The molecule has 180 valence electrons. The minimum absolute atomic E-state index is 0.162. The molecule has 0 bridgehead atoms. The summed E-state index contributed by atoms with van der Waals surface area (Å²) in [6.07, 6.45) is 11.5. The molecule has 1 unspecified atom stereocenters. The lowest BCUT2D eigenvalue weighted by Gasteiger charge is -2.20. The Hall–Kier alpha value is -2.20. The van der Waals surface area contributed by atoms with Crippen molar-refractivity contribution in [1.29, 1.82) is 0 Å². The zero-order valence-corrected chi connectivity index (χ0v) is 21.2. The molecule has 0 radical (unpaired) electrons. The summed E-state index contributed by atoms with van der Waals surface area (Å²) in [7, 11) is 0. The number of nitrogens with one attached hydrogen (secondary N) is 1. The van der Waals surface area contributed by atoms with E-state index in [0.717, 1.165) is 68.3 Å². The molecule has 1 heterocycles. The average Bonchev–Trinajstić information content (AvgIpc) is 2.71. The van der Waals surface area contributed by atoms with Crippen molar-refractivity contribution in [3.05, 3.63) is 65.1 Å². The van der Waals surface area contributed by atoms with Gasteiger partial charge in [0, 0.05) is 25.5 Å². The lowest BCUT2D eigenvalue weighted by Crippen LogP contribution is -2.08. The molecule has 0 saturated carbocycles. The zero-order chi connectivity index (χ0) is 24.3. The Kier molecular flexibility index (Phi) is 11.1. The number of hydrogen-bond donors (Lipinski definition) is 1. The van der Waals surface area contributed by atoms with Crippen LogP contribution in [0.1, 0.15) is 70.4 Å². The third-order valence-corrected chi connectivity index (χ3v) is 5.91. The van der Waals surface area contributed by atoms with Crippen LogP contribution in [0.4, 0.5) is 4.39 Å². The normalized spacial score (nSPS) is 19.1. The maximum Gasteiger partial charge on any atom is 0.127 e. The van der Waals surface area contributed by atoms with Crippen LogP contribution in [-0.2, 0) is 6.42 Å². The molecular weight excluding hydrogens is 433 g/mol. The summed E-state index contributed by atoms with van der Waals surface area (Å²) >= 11 is 6.04. The largest absolute Gasteiger partial charge is 0.352 e. The van der Waals surface area contributed by atoms with Crippen LogP contribution in [0, 0.1) is 17.2 Å². The zero-order valence-electron chi connectivity index (χ0n) is 20.5. The molecule has 2 rings (SSSR count). The van der Waals surface area contributed by atoms with Gasteiger partial charge in [0.1, 0.15) is 5.82 Å². The minimum Gasteiger partial charge on any atom is -0.352 e. The van der Waals surface area contributed by atoms with Crippen LogP contribution < -0.4 is 5.32 Å². The Balaban J connectivity index is 1.86. The number of allylic oxidation sites excluding steroid dienone is 3. The van der Waals surface area contributed by atoms with E-state index in [1.807, 2.05) is 12.1 Å². The topological polar surface area (TPSA) is 36.8 Å². The van der Waals surface area contributed by atoms with Crippen LogP contribution in [0.25, 0.3) is 5.57 Å². The molecule has 0 aromatic heterocycles. The van der Waals surface area contributed by atoms with E-state index >= 15 is 0 Å². The SMILES string of the molecule is C=C(Cc1ccc(C(=C)CCCC2CCN=CN/C=C(/Cl)C=NCC2)cc1F)CC(C)(C)C. The van der Waals surface area contributed by atoms with Gasteiger partial charge in [0.05, 0.1) is 11.4 Å². The van der Waals surface area contributed by atoms with Crippen LogP contribution in [0.2, 0.25) is 0 Å². The number of rotatable bonds is 8. The first kappa shape index (κ1) is 27.0. The van der Waals surface area contributed by atoms with E-state index in [1.54, 1.807) is 24.8 Å². The van der Waals surface area contributed by atoms with Crippen LogP contribution in [0.5, 0.6) is 0 Å². The van der Waals surface area contributed by atoms with Crippen molar-refractivity contribution in [2.75, 3.05) is 13.1 Å². The number of halogens is 2. The summed E-state index contributed by atoms with van der Waals surface area (Å²) in [6.45, 7) is 16.4. The molecule has 33 heavy (non-hydrogen) atoms. The molecule has 0 saturated heterocycles. The summed E-state index contributed by atoms with van der Waals surface area (Å²) < 4.78 is 14.7. The van der Waals surface area contributed by atoms with Crippen molar-refractivity contribution in [1.82, 2.24) is 5.32 Å². The molecule has 0 amide bonds. The smallest absolute Gasteiger partial charge is 0.127 e.